The molecular formula is C14H14FN3O3. The molecule has 1 heterocycles. The number of pyridine rings is 1. The molecule has 0 fully saturated rings. The third-order valence-electron chi connectivity index (χ3n) is 2.89. The average molecular weight is 291 g/mol. The van der Waals surface area contributed by atoms with Crippen LogP contribution in [0.25, 0.3) is 11.3 Å². The smallest absolute Gasteiger partial charge is 0.360 e. The molecule has 0 saturated heterocycles. The SMILES string of the molecule is COC(=O)c1nc(-c2ccc(N)cc2)c(F)c(N)c1OC. The molecule has 0 bridgehead atoms. The summed E-state index contributed by atoms with van der Waals surface area (Å²) in [6, 6.07) is 6.34. The minimum Gasteiger partial charge on any atom is -0.492 e. The number of hydrogen-bond donors (Lipinski definition) is 2. The second kappa shape index (κ2) is 5.66. The van der Waals surface area contributed by atoms with Crippen molar-refractivity contribution in [1.29, 1.82) is 0 Å². The van der Waals surface area contributed by atoms with Gasteiger partial charge in [0.2, 0.25) is 0 Å². The van der Waals surface area contributed by atoms with Crippen molar-refractivity contribution in [3.63, 3.8) is 0 Å². The number of halogens is 1. The van der Waals surface area contributed by atoms with Gasteiger partial charge in [0, 0.05) is 11.3 Å². The van der Waals surface area contributed by atoms with Gasteiger partial charge in [-0.05, 0) is 12.1 Å². The van der Waals surface area contributed by atoms with Gasteiger partial charge in [-0.25, -0.2) is 14.2 Å². The van der Waals surface area contributed by atoms with E-state index in [2.05, 4.69) is 9.72 Å². The van der Waals surface area contributed by atoms with E-state index in [0.29, 0.717) is 11.3 Å². The van der Waals surface area contributed by atoms with Gasteiger partial charge in [0.05, 0.1) is 14.2 Å². The van der Waals surface area contributed by atoms with Gasteiger partial charge < -0.3 is 20.9 Å². The fourth-order valence-corrected chi connectivity index (χ4v) is 1.84. The molecule has 0 radical (unpaired) electrons. The van der Waals surface area contributed by atoms with Crippen molar-refractivity contribution < 1.29 is 18.7 Å². The number of carbonyl (C=O) groups is 1. The first-order valence-electron chi connectivity index (χ1n) is 5.96. The Morgan fingerprint density at radius 1 is 1.19 bits per heavy atom. The number of nitrogen functional groups attached to an aromatic ring is 2. The number of carbonyl (C=O) groups excluding carboxylic acids is 1. The number of aromatic nitrogens is 1. The Kier molecular flexibility index (Phi) is 3.93. The highest BCUT2D eigenvalue weighted by molar-refractivity contribution is 5.93. The summed E-state index contributed by atoms with van der Waals surface area (Å²) in [5, 5.41) is 0. The molecule has 0 saturated carbocycles. The van der Waals surface area contributed by atoms with Crippen LogP contribution < -0.4 is 16.2 Å². The summed E-state index contributed by atoms with van der Waals surface area (Å²) in [5.41, 5.74) is 11.7. The molecule has 21 heavy (non-hydrogen) atoms. The second-order valence-electron chi connectivity index (χ2n) is 4.18. The Balaban J connectivity index is 2.69. The maximum absolute atomic E-state index is 14.3. The van der Waals surface area contributed by atoms with E-state index in [9.17, 15) is 9.18 Å². The molecule has 110 valence electrons. The van der Waals surface area contributed by atoms with Gasteiger partial charge in [0.15, 0.2) is 17.3 Å². The Morgan fingerprint density at radius 2 is 1.81 bits per heavy atom. The normalized spacial score (nSPS) is 10.2. The zero-order chi connectivity index (χ0) is 15.6. The van der Waals surface area contributed by atoms with E-state index in [1.807, 2.05) is 0 Å². The molecule has 0 aliphatic carbocycles. The summed E-state index contributed by atoms with van der Waals surface area (Å²) in [4.78, 5) is 15.7. The number of methoxy groups -OCH3 is 2. The molecule has 1 aromatic heterocycles. The van der Waals surface area contributed by atoms with Crippen LogP contribution in [0.1, 0.15) is 10.5 Å². The number of hydrogen-bond acceptors (Lipinski definition) is 6. The first kappa shape index (κ1) is 14.6. The quantitative estimate of drug-likeness (QED) is 0.661. The lowest BCUT2D eigenvalue weighted by molar-refractivity contribution is 0.0590. The van der Waals surface area contributed by atoms with E-state index in [0.717, 1.165) is 0 Å². The summed E-state index contributed by atoms with van der Waals surface area (Å²) < 4.78 is 23.9. The van der Waals surface area contributed by atoms with E-state index in [4.69, 9.17) is 16.2 Å². The molecule has 0 unspecified atom stereocenters. The number of anilines is 2. The predicted molar refractivity (Wildman–Crippen MR) is 76.3 cm³/mol. The molecule has 4 N–H and O–H groups in total. The number of esters is 1. The molecule has 0 spiro atoms. The maximum atomic E-state index is 14.3. The highest BCUT2D eigenvalue weighted by Crippen LogP contribution is 2.34. The first-order valence-corrected chi connectivity index (χ1v) is 5.96. The van der Waals surface area contributed by atoms with Gasteiger partial charge in [-0.2, -0.15) is 0 Å². The molecule has 7 heteroatoms. The minimum absolute atomic E-state index is 0.0753. The van der Waals surface area contributed by atoms with Crippen LogP contribution in [0.2, 0.25) is 0 Å². The number of ether oxygens (including phenoxy) is 2. The standard InChI is InChI=1S/C14H14FN3O3/c1-20-13-10(17)9(15)11(18-12(13)14(19)21-2)7-3-5-8(16)6-4-7/h3-6H,16H2,1-2H3,(H2,17,18). The van der Waals surface area contributed by atoms with Gasteiger partial charge >= 0.3 is 5.97 Å². The molecule has 2 aromatic rings. The van der Waals surface area contributed by atoms with Gasteiger partial charge in [0.1, 0.15) is 11.4 Å². The molecule has 0 amide bonds. The zero-order valence-corrected chi connectivity index (χ0v) is 11.5. The monoisotopic (exact) mass is 291 g/mol. The third kappa shape index (κ3) is 2.58. The number of rotatable bonds is 3. The van der Waals surface area contributed by atoms with Crippen LogP contribution in [-0.4, -0.2) is 25.2 Å². The second-order valence-corrected chi connectivity index (χ2v) is 4.18. The van der Waals surface area contributed by atoms with Gasteiger partial charge in [-0.1, -0.05) is 12.1 Å². The predicted octanol–water partition coefficient (Wildman–Crippen LogP) is 1.85. The Hall–Kier alpha value is -2.83. The van der Waals surface area contributed by atoms with E-state index < -0.39 is 11.8 Å². The van der Waals surface area contributed by atoms with Crippen molar-refractivity contribution in [3.8, 4) is 17.0 Å². The van der Waals surface area contributed by atoms with Crippen LogP contribution in [0.15, 0.2) is 24.3 Å². The van der Waals surface area contributed by atoms with Gasteiger partial charge in [-0.15, -0.1) is 0 Å². The zero-order valence-electron chi connectivity index (χ0n) is 11.5. The Bertz CT molecular complexity index is 687. The molecule has 2 rings (SSSR count). The Labute approximate surface area is 120 Å². The highest BCUT2D eigenvalue weighted by atomic mass is 19.1. The van der Waals surface area contributed by atoms with Crippen LogP contribution in [-0.2, 0) is 4.74 Å². The lowest BCUT2D eigenvalue weighted by Gasteiger charge is -2.13. The van der Waals surface area contributed by atoms with Crippen molar-refractivity contribution in [1.82, 2.24) is 4.98 Å². The Morgan fingerprint density at radius 3 is 2.33 bits per heavy atom. The van der Waals surface area contributed by atoms with E-state index >= 15 is 0 Å². The maximum Gasteiger partial charge on any atom is 0.360 e. The number of nitrogens with zero attached hydrogens (tertiary/aromatic N) is 1. The average Bonchev–Trinajstić information content (AvgIpc) is 2.50. The van der Waals surface area contributed by atoms with Crippen molar-refractivity contribution >= 4 is 17.3 Å². The van der Waals surface area contributed by atoms with Crippen molar-refractivity contribution in [2.75, 3.05) is 25.7 Å². The molecule has 1 aromatic carbocycles. The molecule has 0 aliphatic heterocycles. The highest BCUT2D eigenvalue weighted by Gasteiger charge is 2.24. The molecule has 0 aliphatic rings. The van der Waals surface area contributed by atoms with Gasteiger partial charge in [0.25, 0.3) is 0 Å². The summed E-state index contributed by atoms with van der Waals surface area (Å²) >= 11 is 0. The summed E-state index contributed by atoms with van der Waals surface area (Å²) in [7, 11) is 2.45. The summed E-state index contributed by atoms with van der Waals surface area (Å²) in [6.45, 7) is 0. The molecular weight excluding hydrogens is 277 g/mol. The van der Waals surface area contributed by atoms with Crippen molar-refractivity contribution in [3.05, 3.63) is 35.8 Å². The minimum atomic E-state index is -0.774. The lowest BCUT2D eigenvalue weighted by Crippen LogP contribution is -2.12. The van der Waals surface area contributed by atoms with Crippen molar-refractivity contribution in [2.45, 2.75) is 0 Å². The number of nitrogens with two attached hydrogens (primary N) is 2. The van der Waals surface area contributed by atoms with Crippen LogP contribution in [0, 0.1) is 5.82 Å². The first-order chi connectivity index (χ1) is 9.99. The van der Waals surface area contributed by atoms with Crippen molar-refractivity contribution in [2.24, 2.45) is 0 Å². The third-order valence-corrected chi connectivity index (χ3v) is 2.89. The summed E-state index contributed by atoms with van der Waals surface area (Å²) in [5.74, 6) is -1.70. The number of benzene rings is 1. The van der Waals surface area contributed by atoms with Gasteiger partial charge in [-0.3, -0.25) is 0 Å². The fraction of sp³-hybridized carbons (Fsp3) is 0.143. The molecule has 0 atom stereocenters. The van der Waals surface area contributed by atoms with Crippen LogP contribution in [0.3, 0.4) is 0 Å². The largest absolute Gasteiger partial charge is 0.492 e. The van der Waals surface area contributed by atoms with E-state index in [-0.39, 0.29) is 22.8 Å². The topological polar surface area (TPSA) is 100 Å². The van der Waals surface area contributed by atoms with E-state index in [1.165, 1.54) is 14.2 Å². The van der Waals surface area contributed by atoms with Crippen LogP contribution in [0.4, 0.5) is 15.8 Å². The van der Waals surface area contributed by atoms with E-state index in [1.54, 1.807) is 24.3 Å². The molecule has 6 nitrogen and oxygen atoms in total. The summed E-state index contributed by atoms with van der Waals surface area (Å²) in [6.07, 6.45) is 0. The lowest BCUT2D eigenvalue weighted by atomic mass is 10.1. The van der Waals surface area contributed by atoms with Crippen LogP contribution in [0.5, 0.6) is 5.75 Å². The van der Waals surface area contributed by atoms with Crippen LogP contribution >= 0.6 is 0 Å². The fourth-order valence-electron chi connectivity index (χ4n) is 1.84.